The molecule has 1 aliphatic rings. The van der Waals surface area contributed by atoms with Gasteiger partial charge in [0.1, 0.15) is 11.6 Å². The van der Waals surface area contributed by atoms with Crippen LogP contribution in [-0.4, -0.2) is 59.6 Å². The molecule has 4 rings (SSSR count). The van der Waals surface area contributed by atoms with Crippen molar-refractivity contribution in [3.05, 3.63) is 70.8 Å². The van der Waals surface area contributed by atoms with E-state index in [9.17, 15) is 9.18 Å². The monoisotopic (exact) mass is 468 g/mol. The van der Waals surface area contributed by atoms with Gasteiger partial charge in [-0.25, -0.2) is 14.2 Å². The largest absolute Gasteiger partial charge is 0.344 e. The maximum Gasteiger partial charge on any atom is 0.319 e. The number of benzene rings is 2. The standard InChI is InChI=1S/C24H29FN6OS/c1-17-4-3-5-21(18(17)2)27-23(32)26-10-11-30-12-14-31(15-13-30)24-28-22(29-33-24)16-19-6-8-20(25)9-7-19/h3-9H,10-16H2,1-2H3,(H2,26,27,32). The van der Waals surface area contributed by atoms with Crippen LogP contribution in [0.25, 0.3) is 0 Å². The molecule has 1 aliphatic heterocycles. The van der Waals surface area contributed by atoms with Crippen molar-refractivity contribution in [3.63, 3.8) is 0 Å². The number of hydrogen-bond donors (Lipinski definition) is 2. The number of halogens is 1. The Morgan fingerprint density at radius 3 is 2.61 bits per heavy atom. The molecule has 2 aromatic carbocycles. The van der Waals surface area contributed by atoms with E-state index < -0.39 is 0 Å². The van der Waals surface area contributed by atoms with Crippen LogP contribution in [0.15, 0.2) is 42.5 Å². The molecule has 0 unspecified atom stereocenters. The van der Waals surface area contributed by atoms with Crippen LogP contribution < -0.4 is 15.5 Å². The number of hydrogen-bond acceptors (Lipinski definition) is 6. The summed E-state index contributed by atoms with van der Waals surface area (Å²) in [7, 11) is 0. The molecule has 0 saturated carbocycles. The van der Waals surface area contributed by atoms with Crippen LogP contribution in [0.5, 0.6) is 0 Å². The molecule has 7 nitrogen and oxygen atoms in total. The summed E-state index contributed by atoms with van der Waals surface area (Å²) in [5.74, 6) is 0.531. The topological polar surface area (TPSA) is 73.4 Å². The molecule has 174 valence electrons. The zero-order valence-electron chi connectivity index (χ0n) is 19.0. The molecule has 2 heterocycles. The predicted octanol–water partition coefficient (Wildman–Crippen LogP) is 3.83. The van der Waals surface area contributed by atoms with Gasteiger partial charge in [0.2, 0.25) is 5.13 Å². The second-order valence-corrected chi connectivity index (χ2v) is 8.98. The lowest BCUT2D eigenvalue weighted by Gasteiger charge is -2.34. The van der Waals surface area contributed by atoms with E-state index in [-0.39, 0.29) is 11.8 Å². The Kier molecular flexibility index (Phi) is 7.51. The van der Waals surface area contributed by atoms with Crippen molar-refractivity contribution >= 4 is 28.4 Å². The minimum Gasteiger partial charge on any atom is -0.344 e. The third kappa shape index (κ3) is 6.27. The lowest BCUT2D eigenvalue weighted by atomic mass is 10.1. The number of nitrogens with zero attached hydrogens (tertiary/aromatic N) is 4. The van der Waals surface area contributed by atoms with Gasteiger partial charge in [-0.1, -0.05) is 24.3 Å². The first-order valence-electron chi connectivity index (χ1n) is 11.1. The SMILES string of the molecule is Cc1cccc(NC(=O)NCCN2CCN(c3nc(Cc4ccc(F)cc4)ns3)CC2)c1C. The van der Waals surface area contributed by atoms with Crippen molar-refractivity contribution in [1.82, 2.24) is 19.6 Å². The summed E-state index contributed by atoms with van der Waals surface area (Å²) in [6.07, 6.45) is 0.604. The first kappa shape index (κ1) is 23.1. The van der Waals surface area contributed by atoms with Crippen molar-refractivity contribution in [2.45, 2.75) is 20.3 Å². The van der Waals surface area contributed by atoms with Gasteiger partial charge < -0.3 is 15.5 Å². The zero-order valence-corrected chi connectivity index (χ0v) is 19.8. The average molecular weight is 469 g/mol. The van der Waals surface area contributed by atoms with Gasteiger partial charge in [0.25, 0.3) is 0 Å². The zero-order chi connectivity index (χ0) is 23.2. The number of nitrogens with one attached hydrogen (secondary N) is 2. The van der Waals surface area contributed by atoms with E-state index in [1.54, 1.807) is 12.1 Å². The van der Waals surface area contributed by atoms with Gasteiger partial charge in [0.15, 0.2) is 0 Å². The first-order chi connectivity index (χ1) is 16.0. The second kappa shape index (κ2) is 10.7. The van der Waals surface area contributed by atoms with Crippen LogP contribution in [0.3, 0.4) is 0 Å². The highest BCUT2D eigenvalue weighted by Crippen LogP contribution is 2.21. The summed E-state index contributed by atoms with van der Waals surface area (Å²) >= 11 is 1.41. The molecule has 1 saturated heterocycles. The van der Waals surface area contributed by atoms with E-state index in [0.717, 1.165) is 66.1 Å². The molecule has 2 N–H and O–H groups in total. The number of rotatable bonds is 7. The van der Waals surface area contributed by atoms with Gasteiger partial charge in [0.05, 0.1) is 0 Å². The molecule has 2 amide bonds. The third-order valence-corrected chi connectivity index (χ3v) is 6.76. The van der Waals surface area contributed by atoms with Crippen molar-refractivity contribution in [2.75, 3.05) is 49.5 Å². The van der Waals surface area contributed by atoms with E-state index in [4.69, 9.17) is 0 Å². The number of anilines is 2. The molecule has 3 aromatic rings. The Morgan fingerprint density at radius 2 is 1.85 bits per heavy atom. The van der Waals surface area contributed by atoms with Crippen molar-refractivity contribution in [1.29, 1.82) is 0 Å². The molecule has 0 atom stereocenters. The van der Waals surface area contributed by atoms with Crippen LogP contribution in [-0.2, 0) is 6.42 Å². The van der Waals surface area contributed by atoms with E-state index >= 15 is 0 Å². The summed E-state index contributed by atoms with van der Waals surface area (Å²) in [4.78, 5) is 21.5. The van der Waals surface area contributed by atoms with Gasteiger partial charge in [-0.2, -0.15) is 4.37 Å². The normalized spacial score (nSPS) is 14.3. The lowest BCUT2D eigenvalue weighted by molar-refractivity contribution is 0.240. The molecule has 9 heteroatoms. The predicted molar refractivity (Wildman–Crippen MR) is 131 cm³/mol. The van der Waals surface area contributed by atoms with Gasteiger partial charge in [0, 0.05) is 62.9 Å². The number of urea groups is 1. The molecular weight excluding hydrogens is 439 g/mol. The fourth-order valence-electron chi connectivity index (χ4n) is 3.77. The van der Waals surface area contributed by atoms with Gasteiger partial charge >= 0.3 is 6.03 Å². The average Bonchev–Trinajstić information content (AvgIpc) is 3.27. The van der Waals surface area contributed by atoms with Crippen molar-refractivity contribution in [3.8, 4) is 0 Å². The molecular formula is C24H29FN6OS. The van der Waals surface area contributed by atoms with Crippen LogP contribution in [0.1, 0.15) is 22.5 Å². The van der Waals surface area contributed by atoms with E-state index in [0.29, 0.717) is 13.0 Å². The highest BCUT2D eigenvalue weighted by atomic mass is 32.1. The quantitative estimate of drug-likeness (QED) is 0.551. The second-order valence-electron chi connectivity index (χ2n) is 8.25. The summed E-state index contributed by atoms with van der Waals surface area (Å²) in [5.41, 5.74) is 4.08. The number of piperazine rings is 1. The van der Waals surface area contributed by atoms with Crippen LogP contribution >= 0.6 is 11.5 Å². The molecule has 0 aliphatic carbocycles. The fraction of sp³-hybridized carbons (Fsp3) is 0.375. The van der Waals surface area contributed by atoms with Crippen LogP contribution in [0, 0.1) is 19.7 Å². The summed E-state index contributed by atoms with van der Waals surface area (Å²) in [6.45, 7) is 9.01. The van der Waals surface area contributed by atoms with Crippen LogP contribution in [0.4, 0.5) is 20.0 Å². The molecule has 0 bridgehead atoms. The van der Waals surface area contributed by atoms with Gasteiger partial charge in [-0.05, 0) is 48.7 Å². The van der Waals surface area contributed by atoms with Crippen molar-refractivity contribution in [2.24, 2.45) is 0 Å². The smallest absolute Gasteiger partial charge is 0.319 e. The first-order valence-corrected chi connectivity index (χ1v) is 11.9. The summed E-state index contributed by atoms with van der Waals surface area (Å²) < 4.78 is 17.5. The summed E-state index contributed by atoms with van der Waals surface area (Å²) in [6, 6.07) is 12.2. The molecule has 0 spiro atoms. The Morgan fingerprint density at radius 1 is 1.09 bits per heavy atom. The number of amides is 2. The maximum absolute atomic E-state index is 13.1. The summed E-state index contributed by atoms with van der Waals surface area (Å²) in [5, 5.41) is 6.81. The highest BCUT2D eigenvalue weighted by molar-refractivity contribution is 7.09. The highest BCUT2D eigenvalue weighted by Gasteiger charge is 2.20. The molecule has 0 radical (unpaired) electrons. The maximum atomic E-state index is 13.1. The van der Waals surface area contributed by atoms with E-state index in [2.05, 4.69) is 29.8 Å². The van der Waals surface area contributed by atoms with E-state index in [1.165, 1.54) is 23.7 Å². The Bertz CT molecular complexity index is 1080. The van der Waals surface area contributed by atoms with Crippen molar-refractivity contribution < 1.29 is 9.18 Å². The number of aromatic nitrogens is 2. The Hall–Kier alpha value is -3.04. The number of carbonyl (C=O) groups is 1. The number of aryl methyl sites for hydroxylation is 1. The molecule has 1 fully saturated rings. The minimum atomic E-state index is -0.235. The van der Waals surface area contributed by atoms with Crippen LogP contribution in [0.2, 0.25) is 0 Å². The van der Waals surface area contributed by atoms with E-state index in [1.807, 2.05) is 32.0 Å². The minimum absolute atomic E-state index is 0.176. The number of carbonyl (C=O) groups excluding carboxylic acids is 1. The molecule has 1 aromatic heterocycles. The fourth-order valence-corrected chi connectivity index (χ4v) is 4.51. The van der Waals surface area contributed by atoms with Gasteiger partial charge in [-0.15, -0.1) is 0 Å². The van der Waals surface area contributed by atoms with Gasteiger partial charge in [-0.3, -0.25) is 4.90 Å². The molecule has 33 heavy (non-hydrogen) atoms. The lowest BCUT2D eigenvalue weighted by Crippen LogP contribution is -2.48. The Balaban J connectivity index is 1.18. The third-order valence-electron chi connectivity index (χ3n) is 5.94. The Labute approximate surface area is 197 Å².